The lowest BCUT2D eigenvalue weighted by atomic mass is 10.2. The maximum Gasteiger partial charge on any atom is 0.250 e. The van der Waals surface area contributed by atoms with Crippen molar-refractivity contribution in [2.24, 2.45) is 5.73 Å². The van der Waals surface area contributed by atoms with Gasteiger partial charge in [0.25, 0.3) is 5.91 Å². The molecule has 0 aliphatic heterocycles. The van der Waals surface area contributed by atoms with Crippen molar-refractivity contribution in [2.75, 3.05) is 11.9 Å². The molecule has 6 heteroatoms. The summed E-state index contributed by atoms with van der Waals surface area (Å²) >= 11 is 7.80. The first-order valence-electron chi connectivity index (χ1n) is 8.16. The zero-order valence-corrected chi connectivity index (χ0v) is 16.1. The fourth-order valence-corrected chi connectivity index (χ4v) is 3.73. The van der Waals surface area contributed by atoms with Gasteiger partial charge in [0, 0.05) is 44.7 Å². The van der Waals surface area contributed by atoms with Gasteiger partial charge in [-0.15, -0.1) is 11.3 Å². The molecule has 0 aliphatic rings. The number of carbonyl (C=O) groups is 2. The summed E-state index contributed by atoms with van der Waals surface area (Å²) in [6.45, 7) is 0. The number of carbonyl (C=O) groups excluding carboxylic acids is 2. The molecule has 0 bridgehead atoms. The van der Waals surface area contributed by atoms with Gasteiger partial charge in [0.2, 0.25) is 5.91 Å². The van der Waals surface area contributed by atoms with Gasteiger partial charge in [-0.25, -0.2) is 0 Å². The first kappa shape index (κ1) is 18.9. The normalized spacial score (nSPS) is 10.9. The van der Waals surface area contributed by atoms with Gasteiger partial charge >= 0.3 is 0 Å². The second-order valence-corrected chi connectivity index (χ2v) is 7.35. The maximum absolute atomic E-state index is 12.4. The van der Waals surface area contributed by atoms with Crippen molar-refractivity contribution in [1.29, 1.82) is 0 Å². The van der Waals surface area contributed by atoms with Crippen molar-refractivity contribution in [3.63, 3.8) is 0 Å². The summed E-state index contributed by atoms with van der Waals surface area (Å²) in [7, 11) is 1.68. The monoisotopic (exact) mass is 396 g/mol. The number of nitrogens with two attached hydrogens (primary N) is 1. The minimum Gasteiger partial charge on any atom is -0.366 e. The Balaban J connectivity index is 1.71. The predicted molar refractivity (Wildman–Crippen MR) is 112 cm³/mol. The molecule has 27 heavy (non-hydrogen) atoms. The Hall–Kier alpha value is -2.89. The molecule has 0 fully saturated rings. The number of benzene rings is 2. The van der Waals surface area contributed by atoms with E-state index >= 15 is 0 Å². The van der Waals surface area contributed by atoms with Gasteiger partial charge in [0.05, 0.1) is 0 Å². The third kappa shape index (κ3) is 4.45. The first-order chi connectivity index (χ1) is 13.0. The molecule has 0 spiro atoms. The van der Waals surface area contributed by atoms with Crippen LogP contribution in [-0.2, 0) is 4.79 Å². The predicted octanol–water partition coefficient (Wildman–Crippen LogP) is 4.84. The molecule has 4 nitrogen and oxygen atoms in total. The van der Waals surface area contributed by atoms with Gasteiger partial charge in [0.1, 0.15) is 0 Å². The number of halogens is 1. The Morgan fingerprint density at radius 3 is 2.41 bits per heavy atom. The van der Waals surface area contributed by atoms with Gasteiger partial charge < -0.3 is 10.6 Å². The molecule has 136 valence electrons. The fraction of sp³-hybridized carbons (Fsp3) is 0.0476. The standard InChI is InChI=1S/C21H17ClN2O2S/c1-24(15-8-6-14(7-9-15)21(23)26)20(25)13-11-16-10-12-19(27-16)17-4-2-3-5-18(17)22/h2-13H,1H3,(H2,23,26). The van der Waals surface area contributed by atoms with E-state index in [1.165, 1.54) is 11.0 Å². The molecule has 0 unspecified atom stereocenters. The van der Waals surface area contributed by atoms with E-state index in [1.807, 2.05) is 36.4 Å². The van der Waals surface area contributed by atoms with E-state index in [1.54, 1.807) is 48.7 Å². The van der Waals surface area contributed by atoms with Crippen LogP contribution in [0.15, 0.2) is 66.7 Å². The molecule has 2 aromatic carbocycles. The van der Waals surface area contributed by atoms with Crippen LogP contribution in [0.5, 0.6) is 0 Å². The third-order valence-electron chi connectivity index (χ3n) is 4.03. The number of hydrogen-bond donors (Lipinski definition) is 1. The Kier molecular flexibility index (Phi) is 5.74. The molecule has 3 rings (SSSR count). The lowest BCUT2D eigenvalue weighted by Crippen LogP contribution is -2.24. The summed E-state index contributed by atoms with van der Waals surface area (Å²) in [6, 6.07) is 18.2. The zero-order valence-electron chi connectivity index (χ0n) is 14.6. The van der Waals surface area contributed by atoms with E-state index in [0.29, 0.717) is 16.3 Å². The number of anilines is 1. The quantitative estimate of drug-likeness (QED) is 0.627. The SMILES string of the molecule is CN(C(=O)C=Cc1ccc(-c2ccccc2Cl)s1)c1ccc(C(N)=O)cc1. The Bertz CT molecular complexity index is 1010. The molecule has 0 saturated carbocycles. The van der Waals surface area contributed by atoms with E-state index in [2.05, 4.69) is 0 Å². The fourth-order valence-electron chi connectivity index (χ4n) is 2.49. The molecule has 0 saturated heterocycles. The molecule has 0 atom stereocenters. The van der Waals surface area contributed by atoms with Crippen molar-refractivity contribution in [1.82, 2.24) is 0 Å². The van der Waals surface area contributed by atoms with Crippen LogP contribution in [0.25, 0.3) is 16.5 Å². The van der Waals surface area contributed by atoms with E-state index in [9.17, 15) is 9.59 Å². The van der Waals surface area contributed by atoms with E-state index < -0.39 is 5.91 Å². The van der Waals surface area contributed by atoms with Crippen LogP contribution in [0, 0.1) is 0 Å². The zero-order chi connectivity index (χ0) is 19.4. The average Bonchev–Trinajstić information content (AvgIpc) is 3.14. The van der Waals surface area contributed by atoms with Crippen LogP contribution >= 0.6 is 22.9 Å². The lowest BCUT2D eigenvalue weighted by Gasteiger charge is -2.15. The van der Waals surface area contributed by atoms with E-state index in [0.717, 1.165) is 15.3 Å². The van der Waals surface area contributed by atoms with Gasteiger partial charge in [0.15, 0.2) is 0 Å². The lowest BCUT2D eigenvalue weighted by molar-refractivity contribution is -0.113. The number of hydrogen-bond acceptors (Lipinski definition) is 3. The summed E-state index contributed by atoms with van der Waals surface area (Å²) in [5.74, 6) is -0.669. The van der Waals surface area contributed by atoms with Gasteiger partial charge in [-0.05, 0) is 48.5 Å². The van der Waals surface area contributed by atoms with Gasteiger partial charge in [-0.2, -0.15) is 0 Å². The minimum atomic E-state index is -0.498. The Labute approximate surface area is 166 Å². The van der Waals surface area contributed by atoms with Gasteiger partial charge in [-0.1, -0.05) is 29.8 Å². The van der Waals surface area contributed by atoms with Crippen molar-refractivity contribution in [3.8, 4) is 10.4 Å². The van der Waals surface area contributed by atoms with Crippen molar-refractivity contribution in [3.05, 3.63) is 82.2 Å². The van der Waals surface area contributed by atoms with Crippen LogP contribution in [0.3, 0.4) is 0 Å². The molecule has 1 heterocycles. The number of amides is 2. The maximum atomic E-state index is 12.4. The second-order valence-electron chi connectivity index (χ2n) is 5.82. The highest BCUT2D eigenvalue weighted by Gasteiger charge is 2.09. The van der Waals surface area contributed by atoms with Crippen LogP contribution in [-0.4, -0.2) is 18.9 Å². The molecular formula is C21H17ClN2O2S. The Morgan fingerprint density at radius 2 is 1.74 bits per heavy atom. The molecule has 1 aromatic heterocycles. The highest BCUT2D eigenvalue weighted by Crippen LogP contribution is 2.33. The molecule has 2 N–H and O–H groups in total. The minimum absolute atomic E-state index is 0.172. The van der Waals surface area contributed by atoms with E-state index in [4.69, 9.17) is 17.3 Å². The van der Waals surface area contributed by atoms with Crippen LogP contribution in [0.1, 0.15) is 15.2 Å². The number of thiophene rings is 1. The van der Waals surface area contributed by atoms with Crippen molar-refractivity contribution in [2.45, 2.75) is 0 Å². The summed E-state index contributed by atoms with van der Waals surface area (Å²) in [4.78, 5) is 27.0. The summed E-state index contributed by atoms with van der Waals surface area (Å²) in [6.07, 6.45) is 3.30. The topological polar surface area (TPSA) is 63.4 Å². The summed E-state index contributed by atoms with van der Waals surface area (Å²) in [5.41, 5.74) is 7.28. The Morgan fingerprint density at radius 1 is 1.04 bits per heavy atom. The highest BCUT2D eigenvalue weighted by molar-refractivity contribution is 7.16. The van der Waals surface area contributed by atoms with Crippen LogP contribution in [0.4, 0.5) is 5.69 Å². The van der Waals surface area contributed by atoms with Gasteiger partial charge in [-0.3, -0.25) is 9.59 Å². The van der Waals surface area contributed by atoms with Crippen LogP contribution < -0.4 is 10.6 Å². The van der Waals surface area contributed by atoms with E-state index in [-0.39, 0.29) is 5.91 Å². The third-order valence-corrected chi connectivity index (χ3v) is 5.44. The number of likely N-dealkylation sites (N-methyl/N-ethyl adjacent to an activating group) is 1. The number of rotatable bonds is 5. The van der Waals surface area contributed by atoms with Crippen LogP contribution in [0.2, 0.25) is 5.02 Å². The molecule has 2 amide bonds. The largest absolute Gasteiger partial charge is 0.366 e. The smallest absolute Gasteiger partial charge is 0.250 e. The summed E-state index contributed by atoms with van der Waals surface area (Å²) < 4.78 is 0. The molecule has 0 aliphatic carbocycles. The number of nitrogens with zero attached hydrogens (tertiary/aromatic N) is 1. The number of primary amides is 1. The molecular weight excluding hydrogens is 380 g/mol. The van der Waals surface area contributed by atoms with Crippen molar-refractivity contribution < 1.29 is 9.59 Å². The summed E-state index contributed by atoms with van der Waals surface area (Å²) in [5, 5.41) is 0.699. The molecule has 0 radical (unpaired) electrons. The first-order valence-corrected chi connectivity index (χ1v) is 9.35. The van der Waals surface area contributed by atoms with Crippen molar-refractivity contribution >= 4 is 46.5 Å². The second kappa shape index (κ2) is 8.20. The molecule has 3 aromatic rings. The highest BCUT2D eigenvalue weighted by atomic mass is 35.5. The average molecular weight is 397 g/mol.